The van der Waals surface area contributed by atoms with Crippen LogP contribution in [-0.4, -0.2) is 5.66 Å². The molecule has 2 aliphatic carbocycles. The molecule has 2 rings (SSSR count). The highest BCUT2D eigenvalue weighted by Gasteiger charge is 2.33. The summed E-state index contributed by atoms with van der Waals surface area (Å²) in [5, 5.41) is 0. The molecule has 4 unspecified atom stereocenters. The van der Waals surface area contributed by atoms with E-state index in [1.807, 2.05) is 0 Å². The van der Waals surface area contributed by atoms with E-state index in [0.29, 0.717) is 0 Å². The van der Waals surface area contributed by atoms with E-state index in [2.05, 4.69) is 36.9 Å². The molecule has 0 aromatic carbocycles. The second-order valence-corrected chi connectivity index (χ2v) is 13.6. The normalized spacial score (nSPS) is 34.2. The van der Waals surface area contributed by atoms with Crippen molar-refractivity contribution in [1.29, 1.82) is 0 Å². The summed E-state index contributed by atoms with van der Waals surface area (Å²) in [7, 11) is 7.21. The van der Waals surface area contributed by atoms with Gasteiger partial charge in [-0.1, -0.05) is 34.3 Å². The van der Waals surface area contributed by atoms with Crippen LogP contribution in [0.25, 0.3) is 0 Å². The van der Waals surface area contributed by atoms with Crippen molar-refractivity contribution in [3.8, 4) is 0 Å². The lowest BCUT2D eigenvalue weighted by Crippen LogP contribution is -2.22. The maximum Gasteiger partial charge on any atom is 0.0140 e. The van der Waals surface area contributed by atoms with Crippen molar-refractivity contribution in [2.45, 2.75) is 31.8 Å². The van der Waals surface area contributed by atoms with Crippen LogP contribution < -0.4 is 0 Å². The highest BCUT2D eigenvalue weighted by molar-refractivity contribution is 8.61. The molecule has 0 aliphatic heterocycles. The SMILES string of the molecule is C[C@H]1CCC2=CCC=C2[C@H]1P(P)PP. The molecule has 0 saturated heterocycles. The molecule has 1 saturated carbocycles. The van der Waals surface area contributed by atoms with Gasteiger partial charge in [-0.05, 0) is 36.3 Å². The lowest BCUT2D eigenvalue weighted by molar-refractivity contribution is 0.509. The minimum absolute atomic E-state index is 0.131. The summed E-state index contributed by atoms with van der Waals surface area (Å²) in [6.45, 7) is 2.44. The number of fused-ring (bicyclic) bond motifs is 1. The monoisotopic (exact) mass is 262 g/mol. The lowest BCUT2D eigenvalue weighted by Gasteiger charge is -2.36. The van der Waals surface area contributed by atoms with Crippen molar-refractivity contribution in [2.24, 2.45) is 5.92 Å². The fraction of sp³-hybridized carbons (Fsp3) is 0.600. The van der Waals surface area contributed by atoms with Crippen LogP contribution in [0.3, 0.4) is 0 Å². The van der Waals surface area contributed by atoms with Crippen LogP contribution in [0.15, 0.2) is 23.3 Å². The van der Waals surface area contributed by atoms with Gasteiger partial charge in [0.1, 0.15) is 0 Å². The highest BCUT2D eigenvalue weighted by atomic mass is 32.6. The summed E-state index contributed by atoms with van der Waals surface area (Å²) >= 11 is 0. The average Bonchev–Trinajstić information content (AvgIpc) is 2.64. The molecule has 6 atom stereocenters. The van der Waals surface area contributed by atoms with Gasteiger partial charge < -0.3 is 0 Å². The Hall–Kier alpha value is 1.20. The Labute approximate surface area is 94.4 Å². The van der Waals surface area contributed by atoms with Crippen molar-refractivity contribution in [3.05, 3.63) is 23.3 Å². The van der Waals surface area contributed by atoms with Crippen LogP contribution in [0.1, 0.15) is 26.2 Å². The average molecular weight is 262 g/mol. The third-order valence-electron chi connectivity index (χ3n) is 3.25. The molecular weight excluding hydrogens is 244 g/mol. The summed E-state index contributed by atoms with van der Waals surface area (Å²) < 4.78 is 0. The van der Waals surface area contributed by atoms with Crippen LogP contribution in [0.5, 0.6) is 0 Å². The van der Waals surface area contributed by atoms with E-state index in [4.69, 9.17) is 0 Å². The predicted molar refractivity (Wildman–Crippen MR) is 77.6 cm³/mol. The standard InChI is InChI=1S/C10H18P4/c1-7-5-6-8-3-2-4-9(8)10(7)14(12)13-11/h3-4,7,10,13H,2,5-6,11-12H2,1H3/t7-,10-,14?/m0/s1. The maximum absolute atomic E-state index is 3.11. The number of hydrogen-bond acceptors (Lipinski definition) is 0. The third kappa shape index (κ3) is 2.15. The minimum atomic E-state index is 0.131. The zero-order chi connectivity index (χ0) is 10.1. The van der Waals surface area contributed by atoms with Gasteiger partial charge in [-0.2, -0.15) is 0 Å². The summed E-state index contributed by atoms with van der Waals surface area (Å²) in [4.78, 5) is 0. The topological polar surface area (TPSA) is 0 Å². The van der Waals surface area contributed by atoms with Crippen molar-refractivity contribution >= 4 is 33.1 Å². The first kappa shape index (κ1) is 11.7. The molecule has 0 spiro atoms. The fourth-order valence-corrected chi connectivity index (χ4v) is 8.39. The molecule has 14 heavy (non-hydrogen) atoms. The van der Waals surface area contributed by atoms with E-state index >= 15 is 0 Å². The fourth-order valence-electron chi connectivity index (χ4n) is 2.49. The first-order chi connectivity index (χ1) is 6.74. The van der Waals surface area contributed by atoms with Gasteiger partial charge in [-0.15, -0.1) is 17.9 Å². The van der Waals surface area contributed by atoms with Gasteiger partial charge in [-0.25, -0.2) is 0 Å². The van der Waals surface area contributed by atoms with Crippen LogP contribution in [0.4, 0.5) is 0 Å². The summed E-state index contributed by atoms with van der Waals surface area (Å²) in [5.41, 5.74) is 4.25. The largest absolute Gasteiger partial charge is 0.110 e. The predicted octanol–water partition coefficient (Wildman–Crippen LogP) is 4.70. The molecule has 78 valence electrons. The first-order valence-corrected chi connectivity index (χ1v) is 11.8. The number of rotatable bonds is 2. The molecular formula is C10H18P4. The van der Waals surface area contributed by atoms with E-state index < -0.39 is 0 Å². The molecule has 0 radical (unpaired) electrons. The van der Waals surface area contributed by atoms with Crippen molar-refractivity contribution in [1.82, 2.24) is 0 Å². The van der Waals surface area contributed by atoms with E-state index in [1.165, 1.54) is 19.3 Å². The van der Waals surface area contributed by atoms with Gasteiger partial charge in [0.25, 0.3) is 0 Å². The molecule has 0 nitrogen and oxygen atoms in total. The molecule has 4 heteroatoms. The van der Waals surface area contributed by atoms with Gasteiger partial charge in [0, 0.05) is 5.66 Å². The third-order valence-corrected chi connectivity index (χ3v) is 14.3. The van der Waals surface area contributed by atoms with Crippen molar-refractivity contribution < 1.29 is 0 Å². The molecule has 0 amide bonds. The lowest BCUT2D eigenvalue weighted by atomic mass is 9.84. The first-order valence-electron chi connectivity index (χ1n) is 5.13. The van der Waals surface area contributed by atoms with E-state index in [9.17, 15) is 0 Å². The Balaban J connectivity index is 2.23. The summed E-state index contributed by atoms with van der Waals surface area (Å²) in [6.07, 6.45) is 8.84. The molecule has 2 aliphatic rings. The highest BCUT2D eigenvalue weighted by Crippen LogP contribution is 2.73. The van der Waals surface area contributed by atoms with Gasteiger partial charge >= 0.3 is 0 Å². The van der Waals surface area contributed by atoms with E-state index in [1.54, 1.807) is 11.1 Å². The van der Waals surface area contributed by atoms with Gasteiger partial charge in [-0.3, -0.25) is 0 Å². The quantitative estimate of drug-likeness (QED) is 0.633. The molecule has 0 bridgehead atoms. The zero-order valence-corrected chi connectivity index (χ0v) is 12.7. The van der Waals surface area contributed by atoms with Crippen molar-refractivity contribution in [3.63, 3.8) is 0 Å². The molecule has 0 N–H and O–H groups in total. The molecule has 1 fully saturated rings. The Morgan fingerprint density at radius 2 is 2.29 bits per heavy atom. The van der Waals surface area contributed by atoms with Crippen LogP contribution in [0, 0.1) is 5.92 Å². The smallest absolute Gasteiger partial charge is 0.0140 e. The second-order valence-electron chi connectivity index (χ2n) is 4.12. The van der Waals surface area contributed by atoms with Gasteiger partial charge in [0.05, 0.1) is 0 Å². The Morgan fingerprint density at radius 3 is 3.00 bits per heavy atom. The molecule has 0 heterocycles. The number of allylic oxidation sites excluding steroid dienone is 4. The molecule has 0 aromatic heterocycles. The Morgan fingerprint density at radius 1 is 1.50 bits per heavy atom. The minimum Gasteiger partial charge on any atom is -0.110 e. The number of hydrogen-bond donors (Lipinski definition) is 0. The maximum atomic E-state index is 3.11. The van der Waals surface area contributed by atoms with Gasteiger partial charge in [0.2, 0.25) is 0 Å². The van der Waals surface area contributed by atoms with Crippen LogP contribution in [0.2, 0.25) is 0 Å². The zero-order valence-electron chi connectivity index (χ0n) is 8.53. The van der Waals surface area contributed by atoms with Crippen LogP contribution in [-0.2, 0) is 0 Å². The summed E-state index contributed by atoms with van der Waals surface area (Å²) in [6, 6.07) is 0. The van der Waals surface area contributed by atoms with E-state index in [0.717, 1.165) is 19.5 Å². The molecule has 0 aromatic rings. The van der Waals surface area contributed by atoms with Crippen LogP contribution >= 0.6 is 33.1 Å². The van der Waals surface area contributed by atoms with Gasteiger partial charge in [0.15, 0.2) is 0 Å². The van der Waals surface area contributed by atoms with E-state index in [-0.39, 0.29) is 7.30 Å². The Kier molecular flexibility index (Phi) is 4.19. The summed E-state index contributed by atoms with van der Waals surface area (Å²) in [5.74, 6) is 0.896. The Bertz CT molecular complexity index is 278. The second kappa shape index (κ2) is 5.02. The van der Waals surface area contributed by atoms with Crippen molar-refractivity contribution in [2.75, 3.05) is 0 Å².